The first-order valence-corrected chi connectivity index (χ1v) is 7.54. The fourth-order valence-corrected chi connectivity index (χ4v) is 3.38. The van der Waals surface area contributed by atoms with Crippen LogP contribution in [0.25, 0.3) is 0 Å². The maximum atomic E-state index is 12.7. The van der Waals surface area contributed by atoms with Crippen molar-refractivity contribution in [2.45, 2.75) is 20.3 Å². The van der Waals surface area contributed by atoms with Crippen LogP contribution < -0.4 is 10.6 Å². The molecule has 1 aromatic rings. The van der Waals surface area contributed by atoms with E-state index in [1.807, 2.05) is 23.1 Å². The molecule has 0 radical (unpaired) electrons. The Bertz CT molecular complexity index is 504. The van der Waals surface area contributed by atoms with Crippen molar-refractivity contribution in [3.05, 3.63) is 23.8 Å². The minimum atomic E-state index is 0.165. The molecule has 0 saturated carbocycles. The van der Waals surface area contributed by atoms with Crippen molar-refractivity contribution in [3.8, 4) is 0 Å². The normalized spacial score (nSPS) is 25.4. The summed E-state index contributed by atoms with van der Waals surface area (Å²) in [5.41, 5.74) is 2.93. The van der Waals surface area contributed by atoms with Gasteiger partial charge in [0.25, 0.3) is 5.91 Å². The maximum absolute atomic E-state index is 12.7. The number of carbonyl (C=O) groups excluding carboxylic acids is 1. The number of hydrogen-bond donors (Lipinski definition) is 2. The predicted octanol–water partition coefficient (Wildman–Crippen LogP) is 2.64. The molecule has 4 heteroatoms. The van der Waals surface area contributed by atoms with Gasteiger partial charge in [-0.05, 0) is 36.5 Å². The van der Waals surface area contributed by atoms with E-state index in [9.17, 15) is 4.79 Å². The summed E-state index contributed by atoms with van der Waals surface area (Å²) in [4.78, 5) is 14.7. The third-order valence-electron chi connectivity index (χ3n) is 4.18. The number of nitrogens with one attached hydrogen (secondary N) is 2. The second-order valence-corrected chi connectivity index (χ2v) is 6.27. The molecule has 2 atom stereocenters. The van der Waals surface area contributed by atoms with Gasteiger partial charge in [-0.1, -0.05) is 13.8 Å². The quantitative estimate of drug-likeness (QED) is 0.827. The van der Waals surface area contributed by atoms with Gasteiger partial charge < -0.3 is 15.5 Å². The zero-order valence-corrected chi connectivity index (χ0v) is 12.3. The van der Waals surface area contributed by atoms with E-state index >= 15 is 0 Å². The molecule has 1 saturated heterocycles. The second kappa shape index (κ2) is 5.35. The van der Waals surface area contributed by atoms with Gasteiger partial charge in [-0.2, -0.15) is 0 Å². The van der Waals surface area contributed by atoms with Crippen molar-refractivity contribution in [3.63, 3.8) is 0 Å². The van der Waals surface area contributed by atoms with Gasteiger partial charge in [0.05, 0.1) is 11.4 Å². The molecule has 1 amide bonds. The first-order valence-electron chi connectivity index (χ1n) is 7.54. The SMILES string of the molecule is CC1CC(C)CN(C(=O)c2ccc3c(c2)NCCN3)C1. The molecule has 2 unspecified atom stereocenters. The molecule has 0 bridgehead atoms. The van der Waals surface area contributed by atoms with Crippen molar-refractivity contribution in [1.82, 2.24) is 4.90 Å². The molecule has 3 rings (SSSR count). The maximum Gasteiger partial charge on any atom is 0.253 e. The minimum absolute atomic E-state index is 0.165. The average Bonchev–Trinajstić information content (AvgIpc) is 2.45. The van der Waals surface area contributed by atoms with Crippen molar-refractivity contribution in [2.24, 2.45) is 11.8 Å². The molecule has 0 aliphatic carbocycles. The lowest BCUT2D eigenvalue weighted by Crippen LogP contribution is -2.42. The fraction of sp³-hybridized carbons (Fsp3) is 0.562. The highest BCUT2D eigenvalue weighted by Gasteiger charge is 2.26. The van der Waals surface area contributed by atoms with E-state index in [0.29, 0.717) is 11.8 Å². The van der Waals surface area contributed by atoms with Crippen molar-refractivity contribution in [1.29, 1.82) is 0 Å². The number of nitrogens with zero attached hydrogens (tertiary/aromatic N) is 1. The Kier molecular flexibility index (Phi) is 3.55. The van der Waals surface area contributed by atoms with Gasteiger partial charge in [0, 0.05) is 31.7 Å². The van der Waals surface area contributed by atoms with Gasteiger partial charge >= 0.3 is 0 Å². The third kappa shape index (κ3) is 2.60. The molecular weight excluding hydrogens is 250 g/mol. The van der Waals surface area contributed by atoms with Crippen LogP contribution in [0.4, 0.5) is 11.4 Å². The van der Waals surface area contributed by atoms with Crippen molar-refractivity contribution < 1.29 is 4.79 Å². The highest BCUT2D eigenvalue weighted by molar-refractivity contribution is 5.96. The smallest absolute Gasteiger partial charge is 0.253 e. The Morgan fingerprint density at radius 3 is 2.45 bits per heavy atom. The van der Waals surface area contributed by atoms with Crippen LogP contribution in [0.1, 0.15) is 30.6 Å². The van der Waals surface area contributed by atoms with Crippen LogP contribution in [0.3, 0.4) is 0 Å². The first-order chi connectivity index (χ1) is 9.63. The molecule has 1 fully saturated rings. The van der Waals surface area contributed by atoms with E-state index in [1.54, 1.807) is 0 Å². The predicted molar refractivity (Wildman–Crippen MR) is 82.3 cm³/mol. The van der Waals surface area contributed by atoms with Crippen LogP contribution in [0.5, 0.6) is 0 Å². The summed E-state index contributed by atoms with van der Waals surface area (Å²) in [5, 5.41) is 6.68. The van der Waals surface area contributed by atoms with E-state index in [1.165, 1.54) is 6.42 Å². The Balaban J connectivity index is 1.79. The lowest BCUT2D eigenvalue weighted by molar-refractivity contribution is 0.0623. The van der Waals surface area contributed by atoms with E-state index in [-0.39, 0.29) is 5.91 Å². The van der Waals surface area contributed by atoms with Crippen LogP contribution in [-0.4, -0.2) is 37.0 Å². The standard InChI is InChI=1S/C16H23N3O/c1-11-7-12(2)10-19(9-11)16(20)13-3-4-14-15(8-13)18-6-5-17-14/h3-4,8,11-12,17-18H,5-7,9-10H2,1-2H3. The number of benzene rings is 1. The van der Waals surface area contributed by atoms with E-state index in [4.69, 9.17) is 0 Å². The van der Waals surface area contributed by atoms with Crippen molar-refractivity contribution >= 4 is 17.3 Å². The van der Waals surface area contributed by atoms with Gasteiger partial charge in [0.2, 0.25) is 0 Å². The molecule has 1 aromatic carbocycles. The fourth-order valence-electron chi connectivity index (χ4n) is 3.38. The van der Waals surface area contributed by atoms with Crippen molar-refractivity contribution in [2.75, 3.05) is 36.8 Å². The summed E-state index contributed by atoms with van der Waals surface area (Å²) < 4.78 is 0. The number of anilines is 2. The van der Waals surface area contributed by atoms with Gasteiger partial charge in [-0.3, -0.25) is 4.79 Å². The van der Waals surface area contributed by atoms with Crippen LogP contribution >= 0.6 is 0 Å². The lowest BCUT2D eigenvalue weighted by atomic mass is 9.91. The number of hydrogen-bond acceptors (Lipinski definition) is 3. The van der Waals surface area contributed by atoms with Crippen LogP contribution in [0.2, 0.25) is 0 Å². The zero-order chi connectivity index (χ0) is 14.1. The molecule has 4 nitrogen and oxygen atoms in total. The molecule has 0 aromatic heterocycles. The van der Waals surface area contributed by atoms with E-state index in [2.05, 4.69) is 24.5 Å². The summed E-state index contributed by atoms with van der Waals surface area (Å²) in [6, 6.07) is 5.92. The molecular formula is C16H23N3O. The van der Waals surface area contributed by atoms with Crippen LogP contribution in [-0.2, 0) is 0 Å². The van der Waals surface area contributed by atoms with Crippen LogP contribution in [0, 0.1) is 11.8 Å². The van der Waals surface area contributed by atoms with Gasteiger partial charge in [-0.15, -0.1) is 0 Å². The molecule has 20 heavy (non-hydrogen) atoms. The van der Waals surface area contributed by atoms with E-state index < -0.39 is 0 Å². The number of rotatable bonds is 1. The molecule has 108 valence electrons. The summed E-state index contributed by atoms with van der Waals surface area (Å²) in [7, 11) is 0. The molecule has 2 heterocycles. The van der Waals surface area contributed by atoms with Gasteiger partial charge in [0.1, 0.15) is 0 Å². The number of fused-ring (bicyclic) bond motifs is 1. The van der Waals surface area contributed by atoms with Gasteiger partial charge in [-0.25, -0.2) is 0 Å². The topological polar surface area (TPSA) is 44.4 Å². The largest absolute Gasteiger partial charge is 0.382 e. The number of piperidine rings is 1. The van der Waals surface area contributed by atoms with E-state index in [0.717, 1.165) is 43.1 Å². The molecule has 0 spiro atoms. The molecule has 2 aliphatic heterocycles. The minimum Gasteiger partial charge on any atom is -0.382 e. The van der Waals surface area contributed by atoms with Crippen LogP contribution in [0.15, 0.2) is 18.2 Å². The average molecular weight is 273 g/mol. The highest BCUT2D eigenvalue weighted by Crippen LogP contribution is 2.27. The summed E-state index contributed by atoms with van der Waals surface area (Å²) in [6.45, 7) is 8.06. The number of amides is 1. The summed E-state index contributed by atoms with van der Waals surface area (Å²) >= 11 is 0. The Labute approximate surface area is 120 Å². The molecule has 2 aliphatic rings. The highest BCUT2D eigenvalue weighted by atomic mass is 16.2. The number of carbonyl (C=O) groups is 1. The monoisotopic (exact) mass is 273 g/mol. The second-order valence-electron chi connectivity index (χ2n) is 6.27. The summed E-state index contributed by atoms with van der Waals surface area (Å²) in [6.07, 6.45) is 1.22. The zero-order valence-electron chi connectivity index (χ0n) is 12.3. The Hall–Kier alpha value is -1.71. The molecule has 2 N–H and O–H groups in total. The third-order valence-corrected chi connectivity index (χ3v) is 4.18. The Morgan fingerprint density at radius 1 is 1.10 bits per heavy atom. The lowest BCUT2D eigenvalue weighted by Gasteiger charge is -2.35. The first kappa shape index (κ1) is 13.3. The van der Waals surface area contributed by atoms with Gasteiger partial charge in [0.15, 0.2) is 0 Å². The summed E-state index contributed by atoms with van der Waals surface area (Å²) in [5.74, 6) is 1.36. The Morgan fingerprint density at radius 2 is 1.75 bits per heavy atom. The number of likely N-dealkylation sites (tertiary alicyclic amines) is 1.